The van der Waals surface area contributed by atoms with Gasteiger partial charge in [0, 0.05) is 0 Å². The van der Waals surface area contributed by atoms with Crippen molar-refractivity contribution in [2.75, 3.05) is 27.4 Å². The van der Waals surface area contributed by atoms with Crippen LogP contribution in [0.5, 0.6) is 0 Å². The third kappa shape index (κ3) is 4.65. The number of benzene rings is 2. The lowest BCUT2D eigenvalue weighted by Crippen LogP contribution is -2.11. The van der Waals surface area contributed by atoms with E-state index in [0.29, 0.717) is 11.1 Å². The molecule has 0 heterocycles. The molecule has 0 amide bonds. The molecule has 0 radical (unpaired) electrons. The van der Waals surface area contributed by atoms with Gasteiger partial charge < -0.3 is 19.3 Å². The summed E-state index contributed by atoms with van der Waals surface area (Å²) in [6, 6.07) is 13.7. The molecule has 25 heavy (non-hydrogen) atoms. The van der Waals surface area contributed by atoms with Gasteiger partial charge in [-0.05, 0) is 35.4 Å². The zero-order valence-electron chi connectivity index (χ0n) is 14.1. The van der Waals surface area contributed by atoms with Crippen LogP contribution in [0.2, 0.25) is 0 Å². The molecule has 2 aromatic carbocycles. The minimum atomic E-state index is -0.439. The fourth-order valence-electron chi connectivity index (χ4n) is 2.38. The van der Waals surface area contributed by atoms with Gasteiger partial charge in [-0.25, -0.2) is 9.59 Å². The second-order valence-electron chi connectivity index (χ2n) is 5.20. The van der Waals surface area contributed by atoms with Crippen LogP contribution in [0.1, 0.15) is 37.9 Å². The van der Waals surface area contributed by atoms with E-state index in [2.05, 4.69) is 9.47 Å². The monoisotopic (exact) mass is 344 g/mol. The van der Waals surface area contributed by atoms with Gasteiger partial charge in [0.25, 0.3) is 0 Å². The standard InChI is InChI=1S/C19H20O6/c1-23-18(21)15-7-3-13(4-8-15)17(25-12-11-20)14-5-9-16(10-6-14)19(22)24-2/h3-10,17,20H,11-12H2,1-2H3. The minimum Gasteiger partial charge on any atom is -0.465 e. The van der Waals surface area contributed by atoms with Crippen molar-refractivity contribution >= 4 is 11.9 Å². The van der Waals surface area contributed by atoms with Crippen LogP contribution in [0.3, 0.4) is 0 Å². The van der Waals surface area contributed by atoms with E-state index in [-0.39, 0.29) is 13.2 Å². The Morgan fingerprint density at radius 2 is 1.24 bits per heavy atom. The van der Waals surface area contributed by atoms with Crippen molar-refractivity contribution < 1.29 is 28.9 Å². The molecule has 0 aliphatic carbocycles. The molecule has 2 rings (SSSR count). The first-order valence-electron chi connectivity index (χ1n) is 7.69. The number of methoxy groups -OCH3 is 2. The molecule has 0 fully saturated rings. The van der Waals surface area contributed by atoms with Gasteiger partial charge in [0.15, 0.2) is 0 Å². The van der Waals surface area contributed by atoms with Crippen LogP contribution >= 0.6 is 0 Å². The molecular formula is C19H20O6. The molecule has 6 heteroatoms. The average Bonchev–Trinajstić information content (AvgIpc) is 2.68. The summed E-state index contributed by atoms with van der Waals surface area (Å²) < 4.78 is 15.1. The van der Waals surface area contributed by atoms with Gasteiger partial charge in [0.05, 0.1) is 38.6 Å². The number of ether oxygens (including phenoxy) is 3. The van der Waals surface area contributed by atoms with E-state index in [0.717, 1.165) is 11.1 Å². The molecule has 0 saturated carbocycles. The van der Waals surface area contributed by atoms with Gasteiger partial charge in [-0.1, -0.05) is 24.3 Å². The van der Waals surface area contributed by atoms with Crippen LogP contribution in [0, 0.1) is 0 Å². The molecule has 0 aromatic heterocycles. The first kappa shape index (κ1) is 18.6. The molecule has 132 valence electrons. The lowest BCUT2D eigenvalue weighted by molar-refractivity contribution is 0.0500. The molecular weight excluding hydrogens is 324 g/mol. The number of hydrogen-bond acceptors (Lipinski definition) is 6. The predicted molar refractivity (Wildman–Crippen MR) is 90.4 cm³/mol. The summed E-state index contributed by atoms with van der Waals surface area (Å²) in [6.45, 7) is 0.0408. The topological polar surface area (TPSA) is 82.1 Å². The van der Waals surface area contributed by atoms with E-state index in [1.165, 1.54) is 14.2 Å². The Balaban J connectivity index is 2.29. The van der Waals surface area contributed by atoms with Crippen LogP contribution in [-0.4, -0.2) is 44.5 Å². The van der Waals surface area contributed by atoms with Crippen molar-refractivity contribution in [2.45, 2.75) is 6.10 Å². The summed E-state index contributed by atoms with van der Waals surface area (Å²) in [4.78, 5) is 23.1. The molecule has 0 unspecified atom stereocenters. The van der Waals surface area contributed by atoms with E-state index in [1.54, 1.807) is 48.5 Å². The van der Waals surface area contributed by atoms with Crippen molar-refractivity contribution in [3.05, 3.63) is 70.8 Å². The lowest BCUT2D eigenvalue weighted by atomic mass is 9.99. The highest BCUT2D eigenvalue weighted by Crippen LogP contribution is 2.27. The van der Waals surface area contributed by atoms with Crippen molar-refractivity contribution in [1.82, 2.24) is 0 Å². The van der Waals surface area contributed by atoms with Gasteiger partial charge in [-0.15, -0.1) is 0 Å². The third-order valence-corrected chi connectivity index (χ3v) is 3.64. The Labute approximate surface area is 146 Å². The van der Waals surface area contributed by atoms with Gasteiger partial charge in [0.1, 0.15) is 6.10 Å². The van der Waals surface area contributed by atoms with Crippen LogP contribution in [0.25, 0.3) is 0 Å². The minimum absolute atomic E-state index is 0.114. The number of carbonyl (C=O) groups is 2. The maximum absolute atomic E-state index is 11.5. The number of aliphatic hydroxyl groups is 1. The van der Waals surface area contributed by atoms with E-state index in [4.69, 9.17) is 9.84 Å². The maximum atomic E-state index is 11.5. The highest BCUT2D eigenvalue weighted by atomic mass is 16.5. The van der Waals surface area contributed by atoms with Crippen LogP contribution in [-0.2, 0) is 14.2 Å². The van der Waals surface area contributed by atoms with Crippen molar-refractivity contribution in [2.24, 2.45) is 0 Å². The van der Waals surface area contributed by atoms with Crippen LogP contribution in [0.4, 0.5) is 0 Å². The van der Waals surface area contributed by atoms with Gasteiger partial charge in [-0.2, -0.15) is 0 Å². The fourth-order valence-corrected chi connectivity index (χ4v) is 2.38. The second-order valence-corrected chi connectivity index (χ2v) is 5.20. The second kappa shape index (κ2) is 8.96. The molecule has 0 aliphatic rings. The van der Waals surface area contributed by atoms with E-state index in [1.807, 2.05) is 0 Å². The summed E-state index contributed by atoms with van der Waals surface area (Å²) in [5.74, 6) is -0.830. The SMILES string of the molecule is COC(=O)c1ccc(C(OCCO)c2ccc(C(=O)OC)cc2)cc1. The lowest BCUT2D eigenvalue weighted by Gasteiger charge is -2.19. The molecule has 0 saturated heterocycles. The van der Waals surface area contributed by atoms with Gasteiger partial charge >= 0.3 is 11.9 Å². The number of rotatable bonds is 7. The summed E-state index contributed by atoms with van der Waals surface area (Å²) in [5, 5.41) is 9.06. The van der Waals surface area contributed by atoms with E-state index >= 15 is 0 Å². The molecule has 0 spiro atoms. The number of aliphatic hydroxyl groups excluding tert-OH is 1. The molecule has 1 N–H and O–H groups in total. The number of hydrogen-bond donors (Lipinski definition) is 1. The molecule has 0 atom stereocenters. The average molecular weight is 344 g/mol. The highest BCUT2D eigenvalue weighted by molar-refractivity contribution is 5.89. The zero-order chi connectivity index (χ0) is 18.2. The normalized spacial score (nSPS) is 10.6. The maximum Gasteiger partial charge on any atom is 0.337 e. The van der Waals surface area contributed by atoms with Crippen LogP contribution in [0.15, 0.2) is 48.5 Å². The quantitative estimate of drug-likeness (QED) is 0.777. The van der Waals surface area contributed by atoms with Crippen LogP contribution < -0.4 is 0 Å². The summed E-state index contributed by atoms with van der Waals surface area (Å²) in [7, 11) is 2.65. The smallest absolute Gasteiger partial charge is 0.337 e. The summed E-state index contributed by atoms with van der Waals surface area (Å²) in [5.41, 5.74) is 2.50. The Hall–Kier alpha value is -2.70. The number of carbonyl (C=O) groups excluding carboxylic acids is 2. The fraction of sp³-hybridized carbons (Fsp3) is 0.263. The van der Waals surface area contributed by atoms with E-state index < -0.39 is 18.0 Å². The molecule has 0 bridgehead atoms. The Bertz CT molecular complexity index is 646. The summed E-state index contributed by atoms with van der Waals surface area (Å²) >= 11 is 0. The van der Waals surface area contributed by atoms with E-state index in [9.17, 15) is 9.59 Å². The zero-order valence-corrected chi connectivity index (χ0v) is 14.1. The first-order valence-corrected chi connectivity index (χ1v) is 7.69. The van der Waals surface area contributed by atoms with Gasteiger partial charge in [0.2, 0.25) is 0 Å². The van der Waals surface area contributed by atoms with Crippen molar-refractivity contribution in [1.29, 1.82) is 0 Å². The van der Waals surface area contributed by atoms with Gasteiger partial charge in [-0.3, -0.25) is 0 Å². The summed E-state index contributed by atoms with van der Waals surface area (Å²) in [6.07, 6.45) is -0.439. The van der Waals surface area contributed by atoms with Crippen molar-refractivity contribution in [3.63, 3.8) is 0 Å². The Morgan fingerprint density at radius 3 is 1.56 bits per heavy atom. The largest absolute Gasteiger partial charge is 0.465 e. The molecule has 2 aromatic rings. The molecule has 0 aliphatic heterocycles. The Kier molecular flexibility index (Phi) is 6.68. The third-order valence-electron chi connectivity index (χ3n) is 3.64. The number of esters is 2. The first-order chi connectivity index (χ1) is 12.1. The highest BCUT2D eigenvalue weighted by Gasteiger charge is 2.17. The Morgan fingerprint density at radius 1 is 0.840 bits per heavy atom. The predicted octanol–water partition coefficient (Wildman–Crippen LogP) is 2.36. The molecule has 6 nitrogen and oxygen atoms in total. The van der Waals surface area contributed by atoms with Crippen molar-refractivity contribution in [3.8, 4) is 0 Å².